The van der Waals surface area contributed by atoms with E-state index in [-0.39, 0.29) is 17.1 Å². The highest BCUT2D eigenvalue weighted by Crippen LogP contribution is 2.45. The number of halogens is 3. The molecular formula is C24H27F3N6O3S. The van der Waals surface area contributed by atoms with Crippen LogP contribution in [0, 0.1) is 6.92 Å². The van der Waals surface area contributed by atoms with Gasteiger partial charge in [-0.3, -0.25) is 0 Å². The summed E-state index contributed by atoms with van der Waals surface area (Å²) in [5.41, 5.74) is 6.04. The first kappa shape index (κ1) is 26.7. The Morgan fingerprint density at radius 1 is 1.35 bits per heavy atom. The second-order valence-corrected chi connectivity index (χ2v) is 10.5. The van der Waals surface area contributed by atoms with Crippen LogP contribution < -0.4 is 16.8 Å². The summed E-state index contributed by atoms with van der Waals surface area (Å²) in [6.45, 7) is 3.78. The van der Waals surface area contributed by atoms with Crippen LogP contribution in [0.15, 0.2) is 45.9 Å². The minimum atomic E-state index is -4.58. The van der Waals surface area contributed by atoms with Gasteiger partial charge in [-0.1, -0.05) is 13.0 Å². The summed E-state index contributed by atoms with van der Waals surface area (Å²) in [6.07, 6.45) is 0.144. The topological polar surface area (TPSA) is 143 Å². The molecule has 2 aromatic heterocycles. The minimum Gasteiger partial charge on any atom is -0.404 e. The summed E-state index contributed by atoms with van der Waals surface area (Å²) >= 11 is 1.42. The lowest BCUT2D eigenvalue weighted by Gasteiger charge is -2.39. The highest BCUT2D eigenvalue weighted by atomic mass is 32.2. The summed E-state index contributed by atoms with van der Waals surface area (Å²) in [5.74, 6) is -0.447. The van der Waals surface area contributed by atoms with Gasteiger partial charge >= 0.3 is 11.9 Å². The van der Waals surface area contributed by atoms with Crippen LogP contribution in [-0.2, 0) is 6.18 Å². The monoisotopic (exact) mass is 536 g/mol. The quantitative estimate of drug-likeness (QED) is 0.338. The molecule has 1 atom stereocenters. The van der Waals surface area contributed by atoms with Gasteiger partial charge in [0, 0.05) is 34.2 Å². The van der Waals surface area contributed by atoms with Gasteiger partial charge in [0.05, 0.1) is 5.60 Å². The van der Waals surface area contributed by atoms with Crippen molar-refractivity contribution in [3.63, 3.8) is 0 Å². The largest absolute Gasteiger partial charge is 0.434 e. The summed E-state index contributed by atoms with van der Waals surface area (Å²) in [7, 11) is 0. The standard InChI is InChI=1S/C24H27F3N6O3S/c1-13-9-16(11-17(10-13)30-21-29-8-5-19(31-21)24(25,26)27)18(12-28)37-14(2)23(35)6-3-15(4-7-23)20-32-33-22(34)36-20/h5,8-12,14-15,35H,3-4,6-7,28H2,1-2H3,(H,33,34)(H,29,30,31)/b18-12-/t14-,15?,23?/m1/s1. The number of nitrogens with zero attached hydrogens (tertiary/aromatic N) is 3. The van der Waals surface area contributed by atoms with Crippen LogP contribution in [0.4, 0.5) is 24.8 Å². The van der Waals surface area contributed by atoms with Crippen molar-refractivity contribution in [1.29, 1.82) is 0 Å². The lowest BCUT2D eigenvalue weighted by molar-refractivity contribution is -0.141. The molecule has 4 rings (SSSR count). The number of nitrogens with one attached hydrogen (secondary N) is 2. The molecule has 0 spiro atoms. The minimum absolute atomic E-state index is 0.0376. The van der Waals surface area contributed by atoms with E-state index in [4.69, 9.17) is 10.2 Å². The Morgan fingerprint density at radius 3 is 2.70 bits per heavy atom. The van der Waals surface area contributed by atoms with Crippen LogP contribution in [0.3, 0.4) is 0 Å². The van der Waals surface area contributed by atoms with Gasteiger partial charge in [0.2, 0.25) is 11.8 Å². The second kappa shape index (κ2) is 10.6. The molecule has 2 heterocycles. The van der Waals surface area contributed by atoms with Crippen LogP contribution in [0.25, 0.3) is 4.91 Å². The zero-order chi connectivity index (χ0) is 26.8. The molecule has 0 radical (unpaired) electrons. The van der Waals surface area contributed by atoms with Crippen molar-refractivity contribution in [3.8, 4) is 0 Å². The highest BCUT2D eigenvalue weighted by Gasteiger charge is 2.40. The van der Waals surface area contributed by atoms with Crippen LogP contribution >= 0.6 is 11.8 Å². The number of aromatic amines is 1. The van der Waals surface area contributed by atoms with E-state index in [1.807, 2.05) is 19.9 Å². The van der Waals surface area contributed by atoms with Gasteiger partial charge in [-0.15, -0.1) is 16.9 Å². The van der Waals surface area contributed by atoms with E-state index in [0.717, 1.165) is 23.4 Å². The first-order valence-electron chi connectivity index (χ1n) is 11.6. The van der Waals surface area contributed by atoms with Crippen LogP contribution in [0.1, 0.15) is 61.2 Å². The van der Waals surface area contributed by atoms with Gasteiger partial charge in [-0.05, 0) is 61.9 Å². The Hall–Kier alpha value is -3.32. The predicted molar refractivity (Wildman–Crippen MR) is 134 cm³/mol. The van der Waals surface area contributed by atoms with Crippen molar-refractivity contribution >= 4 is 28.3 Å². The van der Waals surface area contributed by atoms with Gasteiger partial charge in [-0.2, -0.15) is 13.2 Å². The number of hydrogen-bond acceptors (Lipinski definition) is 9. The van der Waals surface area contributed by atoms with Crippen molar-refractivity contribution in [3.05, 3.63) is 69.9 Å². The van der Waals surface area contributed by atoms with E-state index < -0.39 is 23.2 Å². The molecule has 1 saturated carbocycles. The lowest BCUT2D eigenvalue weighted by atomic mass is 9.77. The number of alkyl halides is 3. The number of thioether (sulfide) groups is 1. The van der Waals surface area contributed by atoms with Gasteiger partial charge < -0.3 is 20.6 Å². The van der Waals surface area contributed by atoms with E-state index in [0.29, 0.717) is 42.2 Å². The van der Waals surface area contributed by atoms with Crippen molar-refractivity contribution in [1.82, 2.24) is 20.2 Å². The smallest absolute Gasteiger partial charge is 0.404 e. The molecule has 3 aromatic rings. The number of rotatable bonds is 7. The highest BCUT2D eigenvalue weighted by molar-refractivity contribution is 8.08. The number of aliphatic hydroxyl groups is 1. The summed E-state index contributed by atoms with van der Waals surface area (Å²) in [5, 5.41) is 20.2. The molecule has 0 unspecified atom stereocenters. The second-order valence-electron chi connectivity index (χ2n) is 9.10. The molecule has 198 valence electrons. The predicted octanol–water partition coefficient (Wildman–Crippen LogP) is 4.69. The van der Waals surface area contributed by atoms with Crippen LogP contribution in [0.5, 0.6) is 0 Å². The zero-order valence-corrected chi connectivity index (χ0v) is 21.0. The number of benzene rings is 1. The van der Waals surface area contributed by atoms with Gasteiger partial charge in [0.1, 0.15) is 5.69 Å². The average molecular weight is 537 g/mol. The van der Waals surface area contributed by atoms with E-state index in [2.05, 4.69) is 25.5 Å². The molecule has 9 nitrogen and oxygen atoms in total. The molecule has 1 fully saturated rings. The molecule has 0 bridgehead atoms. The van der Waals surface area contributed by atoms with Crippen LogP contribution in [-0.4, -0.2) is 36.1 Å². The number of H-pyrrole nitrogens is 1. The first-order chi connectivity index (χ1) is 17.5. The van der Waals surface area contributed by atoms with Gasteiger partial charge in [0.25, 0.3) is 0 Å². The fraction of sp³-hybridized carbons (Fsp3) is 0.417. The third kappa shape index (κ3) is 6.34. The molecule has 37 heavy (non-hydrogen) atoms. The summed E-state index contributed by atoms with van der Waals surface area (Å²) < 4.78 is 44.1. The Balaban J connectivity index is 1.46. The third-order valence-electron chi connectivity index (χ3n) is 6.43. The molecule has 0 saturated heterocycles. The molecule has 13 heteroatoms. The summed E-state index contributed by atoms with van der Waals surface area (Å²) in [6, 6.07) is 6.22. The number of aromatic nitrogens is 4. The SMILES string of the molecule is Cc1cc(Nc2nccc(C(F)(F)F)n2)cc(/C(=C/N)S[C@H](C)C2(O)CCC(c3n[nH]c(=O)o3)CC2)c1. The number of hydrogen-bond donors (Lipinski definition) is 4. The maximum Gasteiger partial charge on any atom is 0.434 e. The van der Waals surface area contributed by atoms with E-state index in [1.165, 1.54) is 18.0 Å². The van der Waals surface area contributed by atoms with E-state index in [1.54, 1.807) is 12.1 Å². The van der Waals surface area contributed by atoms with Gasteiger partial charge in [-0.25, -0.2) is 19.9 Å². The van der Waals surface area contributed by atoms with Gasteiger partial charge in [0.15, 0.2) is 0 Å². The van der Waals surface area contributed by atoms with Crippen molar-refractivity contribution in [2.24, 2.45) is 5.73 Å². The molecule has 5 N–H and O–H groups in total. The fourth-order valence-electron chi connectivity index (χ4n) is 4.39. The molecule has 1 aliphatic rings. The van der Waals surface area contributed by atoms with Crippen molar-refractivity contribution in [2.75, 3.05) is 5.32 Å². The maximum absolute atomic E-state index is 13.0. The maximum atomic E-state index is 13.0. The Morgan fingerprint density at radius 2 is 2.08 bits per heavy atom. The summed E-state index contributed by atoms with van der Waals surface area (Å²) in [4.78, 5) is 19.4. The van der Waals surface area contributed by atoms with Crippen molar-refractivity contribution in [2.45, 2.75) is 62.5 Å². The number of nitrogens with two attached hydrogens (primary N) is 1. The number of aryl methyl sites for hydroxylation is 1. The molecule has 1 aromatic carbocycles. The van der Waals surface area contributed by atoms with E-state index >= 15 is 0 Å². The number of anilines is 2. The van der Waals surface area contributed by atoms with Crippen LogP contribution in [0.2, 0.25) is 0 Å². The average Bonchev–Trinajstić information content (AvgIpc) is 3.28. The normalized spacial score (nSPS) is 21.6. The molecule has 1 aliphatic carbocycles. The van der Waals surface area contributed by atoms with Crippen molar-refractivity contribution < 1.29 is 22.7 Å². The van der Waals surface area contributed by atoms with E-state index in [9.17, 15) is 23.1 Å². The molecular weight excluding hydrogens is 509 g/mol. The molecule has 0 amide bonds. The Kier molecular flexibility index (Phi) is 7.64. The fourth-order valence-corrected chi connectivity index (χ4v) is 5.56. The Labute approximate surface area is 214 Å². The first-order valence-corrected chi connectivity index (χ1v) is 12.5. The molecule has 0 aliphatic heterocycles. The Bertz CT molecular complexity index is 1330. The lowest BCUT2D eigenvalue weighted by Crippen LogP contribution is -2.42. The third-order valence-corrected chi connectivity index (χ3v) is 7.85. The zero-order valence-electron chi connectivity index (χ0n) is 20.2.